The minimum atomic E-state index is 0.0387. The summed E-state index contributed by atoms with van der Waals surface area (Å²) in [6, 6.07) is 22.3. The first-order valence-corrected chi connectivity index (χ1v) is 12.7. The summed E-state index contributed by atoms with van der Waals surface area (Å²) >= 11 is 0. The van der Waals surface area contributed by atoms with Gasteiger partial charge in [0.1, 0.15) is 17.3 Å². The molecule has 4 aromatic rings. The lowest BCUT2D eigenvalue weighted by Gasteiger charge is -2.18. The maximum Gasteiger partial charge on any atom is 0.227 e. The van der Waals surface area contributed by atoms with Gasteiger partial charge in [0.15, 0.2) is 0 Å². The first kappa shape index (κ1) is 23.9. The lowest BCUT2D eigenvalue weighted by Crippen LogP contribution is -2.24. The van der Waals surface area contributed by atoms with Crippen LogP contribution in [0.2, 0.25) is 0 Å². The smallest absolute Gasteiger partial charge is 0.227 e. The number of ether oxygens (including phenoxy) is 2. The third-order valence-corrected chi connectivity index (χ3v) is 6.62. The Labute approximate surface area is 212 Å². The summed E-state index contributed by atoms with van der Waals surface area (Å²) in [5.74, 6) is 2.87. The number of amides is 1. The van der Waals surface area contributed by atoms with Gasteiger partial charge < -0.3 is 18.9 Å². The number of para-hydroxylation sites is 2. The van der Waals surface area contributed by atoms with E-state index in [1.165, 1.54) is 11.1 Å². The lowest BCUT2D eigenvalue weighted by atomic mass is 10.1. The minimum absolute atomic E-state index is 0.0387. The quantitative estimate of drug-likeness (QED) is 0.272. The molecule has 6 nitrogen and oxygen atoms in total. The zero-order chi connectivity index (χ0) is 25.1. The normalized spacial score (nSPS) is 15.6. The summed E-state index contributed by atoms with van der Waals surface area (Å²) in [6.07, 6.45) is 1.30. The molecule has 1 fully saturated rings. The molecular formula is C30H33N3O3. The topological polar surface area (TPSA) is 56.6 Å². The van der Waals surface area contributed by atoms with Gasteiger partial charge in [-0.15, -0.1) is 0 Å². The Kier molecular flexibility index (Phi) is 6.94. The summed E-state index contributed by atoms with van der Waals surface area (Å²) in [6.45, 7) is 8.78. The molecule has 186 valence electrons. The SMILES string of the molecule is CCOc1ccc(N2CC(c3nc4ccccc4n3CCCOc3cc(C)cc(C)c3)CC2=O)cc1. The molecule has 36 heavy (non-hydrogen) atoms. The molecule has 0 spiro atoms. The number of benzene rings is 3. The van der Waals surface area contributed by atoms with Crippen molar-refractivity contribution in [3.8, 4) is 11.5 Å². The van der Waals surface area contributed by atoms with E-state index in [1.54, 1.807) is 0 Å². The molecule has 5 rings (SSSR count). The molecule has 3 aromatic carbocycles. The Morgan fingerprint density at radius 1 is 0.944 bits per heavy atom. The third-order valence-electron chi connectivity index (χ3n) is 6.62. The van der Waals surface area contributed by atoms with Crippen LogP contribution in [0.1, 0.15) is 42.6 Å². The van der Waals surface area contributed by atoms with Crippen LogP contribution in [0.3, 0.4) is 0 Å². The maximum absolute atomic E-state index is 13.0. The Hall–Kier alpha value is -3.80. The summed E-state index contributed by atoms with van der Waals surface area (Å²) in [5, 5.41) is 0. The number of rotatable bonds is 9. The zero-order valence-corrected chi connectivity index (χ0v) is 21.2. The van der Waals surface area contributed by atoms with Crippen LogP contribution in [-0.4, -0.2) is 35.2 Å². The molecule has 0 N–H and O–H groups in total. The van der Waals surface area contributed by atoms with Gasteiger partial charge in [0.05, 0.1) is 24.2 Å². The molecule has 6 heteroatoms. The molecule has 0 aliphatic carbocycles. The number of hydrogen-bond acceptors (Lipinski definition) is 4. The number of fused-ring (bicyclic) bond motifs is 1. The molecule has 2 heterocycles. The van der Waals surface area contributed by atoms with Crippen molar-refractivity contribution in [3.05, 3.63) is 83.7 Å². The molecule has 1 atom stereocenters. The van der Waals surface area contributed by atoms with E-state index >= 15 is 0 Å². The number of nitrogens with zero attached hydrogens (tertiary/aromatic N) is 3. The van der Waals surface area contributed by atoms with Crippen LogP contribution in [0.4, 0.5) is 5.69 Å². The number of aromatic nitrogens is 2. The van der Waals surface area contributed by atoms with Crippen LogP contribution in [0, 0.1) is 13.8 Å². The van der Waals surface area contributed by atoms with E-state index in [9.17, 15) is 4.79 Å². The highest BCUT2D eigenvalue weighted by Crippen LogP contribution is 2.34. The van der Waals surface area contributed by atoms with Crippen molar-refractivity contribution >= 4 is 22.6 Å². The molecule has 1 amide bonds. The highest BCUT2D eigenvalue weighted by atomic mass is 16.5. The zero-order valence-electron chi connectivity index (χ0n) is 21.2. The standard InChI is InChI=1S/C30H33N3O3/c1-4-35-25-12-10-24(11-13-25)33-20-23(19-29(33)34)30-31-27-8-5-6-9-28(27)32(30)14-7-15-36-26-17-21(2)16-22(3)18-26/h5-6,8-13,16-18,23H,4,7,14-15,19-20H2,1-3H3. The highest BCUT2D eigenvalue weighted by molar-refractivity contribution is 5.96. The predicted octanol–water partition coefficient (Wildman–Crippen LogP) is 6.04. The van der Waals surface area contributed by atoms with Gasteiger partial charge in [-0.2, -0.15) is 0 Å². The van der Waals surface area contributed by atoms with Gasteiger partial charge in [-0.1, -0.05) is 18.2 Å². The summed E-state index contributed by atoms with van der Waals surface area (Å²) < 4.78 is 13.9. The van der Waals surface area contributed by atoms with E-state index in [0.29, 0.717) is 26.2 Å². The van der Waals surface area contributed by atoms with Crippen LogP contribution in [0.15, 0.2) is 66.7 Å². The van der Waals surface area contributed by atoms with Gasteiger partial charge in [-0.05, 0) is 86.8 Å². The Balaban J connectivity index is 1.32. The fourth-order valence-electron chi connectivity index (χ4n) is 5.09. The molecule has 1 unspecified atom stereocenters. The second-order valence-electron chi connectivity index (χ2n) is 9.47. The van der Waals surface area contributed by atoms with E-state index in [-0.39, 0.29) is 11.8 Å². The van der Waals surface area contributed by atoms with Gasteiger partial charge in [0, 0.05) is 31.1 Å². The summed E-state index contributed by atoms with van der Waals surface area (Å²) in [7, 11) is 0. The van der Waals surface area contributed by atoms with Crippen molar-refractivity contribution in [3.63, 3.8) is 0 Å². The Bertz CT molecular complexity index is 1340. The first-order valence-electron chi connectivity index (χ1n) is 12.7. The molecule has 1 aliphatic heterocycles. The van der Waals surface area contributed by atoms with Gasteiger partial charge in [0.25, 0.3) is 0 Å². The Morgan fingerprint density at radius 3 is 2.44 bits per heavy atom. The minimum Gasteiger partial charge on any atom is -0.494 e. The van der Waals surface area contributed by atoms with Gasteiger partial charge in [0.2, 0.25) is 5.91 Å². The molecular weight excluding hydrogens is 450 g/mol. The van der Waals surface area contributed by atoms with Crippen LogP contribution < -0.4 is 14.4 Å². The molecule has 0 bridgehead atoms. The van der Waals surface area contributed by atoms with E-state index in [0.717, 1.165) is 47.0 Å². The number of hydrogen-bond donors (Lipinski definition) is 0. The van der Waals surface area contributed by atoms with Crippen molar-refractivity contribution in [2.24, 2.45) is 0 Å². The van der Waals surface area contributed by atoms with E-state index in [1.807, 2.05) is 54.3 Å². The largest absolute Gasteiger partial charge is 0.494 e. The molecule has 1 aromatic heterocycles. The molecule has 0 radical (unpaired) electrons. The highest BCUT2D eigenvalue weighted by Gasteiger charge is 2.34. The van der Waals surface area contributed by atoms with Crippen molar-refractivity contribution in [1.82, 2.24) is 9.55 Å². The van der Waals surface area contributed by atoms with Crippen molar-refractivity contribution in [2.45, 2.75) is 46.1 Å². The van der Waals surface area contributed by atoms with E-state index in [4.69, 9.17) is 14.5 Å². The van der Waals surface area contributed by atoms with Gasteiger partial charge in [-0.25, -0.2) is 4.98 Å². The average molecular weight is 484 g/mol. The Morgan fingerprint density at radius 2 is 1.69 bits per heavy atom. The first-order chi connectivity index (χ1) is 17.5. The number of carbonyl (C=O) groups excluding carboxylic acids is 1. The summed E-state index contributed by atoms with van der Waals surface area (Å²) in [5.41, 5.74) is 5.38. The number of aryl methyl sites for hydroxylation is 3. The second kappa shape index (κ2) is 10.4. The van der Waals surface area contributed by atoms with E-state index in [2.05, 4.69) is 42.7 Å². The fourth-order valence-corrected chi connectivity index (χ4v) is 5.09. The molecule has 0 saturated carbocycles. The van der Waals surface area contributed by atoms with Crippen molar-refractivity contribution < 1.29 is 14.3 Å². The lowest BCUT2D eigenvalue weighted by molar-refractivity contribution is -0.117. The number of carbonyl (C=O) groups is 1. The van der Waals surface area contributed by atoms with Crippen LogP contribution in [0.5, 0.6) is 11.5 Å². The third kappa shape index (κ3) is 5.08. The van der Waals surface area contributed by atoms with Crippen LogP contribution >= 0.6 is 0 Å². The number of imidazole rings is 1. The van der Waals surface area contributed by atoms with Crippen LogP contribution in [-0.2, 0) is 11.3 Å². The van der Waals surface area contributed by atoms with Crippen LogP contribution in [0.25, 0.3) is 11.0 Å². The van der Waals surface area contributed by atoms with Crippen molar-refractivity contribution in [1.29, 1.82) is 0 Å². The summed E-state index contributed by atoms with van der Waals surface area (Å²) in [4.78, 5) is 19.9. The number of anilines is 1. The van der Waals surface area contributed by atoms with Crippen molar-refractivity contribution in [2.75, 3.05) is 24.7 Å². The fraction of sp³-hybridized carbons (Fsp3) is 0.333. The molecule has 1 saturated heterocycles. The van der Waals surface area contributed by atoms with Gasteiger partial charge >= 0.3 is 0 Å². The monoisotopic (exact) mass is 483 g/mol. The van der Waals surface area contributed by atoms with Gasteiger partial charge in [-0.3, -0.25) is 4.79 Å². The molecule has 1 aliphatic rings. The maximum atomic E-state index is 13.0. The second-order valence-corrected chi connectivity index (χ2v) is 9.47. The predicted molar refractivity (Wildman–Crippen MR) is 143 cm³/mol. The average Bonchev–Trinajstić information content (AvgIpc) is 3.42. The van der Waals surface area contributed by atoms with E-state index < -0.39 is 0 Å².